The van der Waals surface area contributed by atoms with Crippen LogP contribution in [0.3, 0.4) is 0 Å². The molecule has 1 N–H and O–H groups in total. The van der Waals surface area contributed by atoms with Gasteiger partial charge in [-0.25, -0.2) is 0 Å². The lowest BCUT2D eigenvalue weighted by atomic mass is 9.83. The summed E-state index contributed by atoms with van der Waals surface area (Å²) < 4.78 is 4.97. The zero-order valence-corrected chi connectivity index (χ0v) is 13.8. The first-order valence-corrected chi connectivity index (χ1v) is 8.68. The maximum Gasteiger partial charge on any atom is 0.311 e. The molecule has 4 atom stereocenters. The molecular formula is C18H26N2O3. The van der Waals surface area contributed by atoms with E-state index in [-0.39, 0.29) is 29.8 Å². The van der Waals surface area contributed by atoms with Gasteiger partial charge in [0, 0.05) is 12.0 Å². The van der Waals surface area contributed by atoms with E-state index in [1.54, 1.807) is 0 Å². The van der Waals surface area contributed by atoms with Crippen LogP contribution in [0.25, 0.3) is 0 Å². The molecule has 0 radical (unpaired) electrons. The molecule has 3 rings (SSSR count). The minimum Gasteiger partial charge on any atom is -0.469 e. The van der Waals surface area contributed by atoms with Crippen LogP contribution in [0.1, 0.15) is 32.1 Å². The van der Waals surface area contributed by atoms with Gasteiger partial charge in [-0.1, -0.05) is 5.92 Å². The first-order valence-electron chi connectivity index (χ1n) is 8.68. The number of terminal acetylenes is 1. The summed E-state index contributed by atoms with van der Waals surface area (Å²) >= 11 is 0. The number of amides is 1. The Kier molecular flexibility index (Phi) is 4.91. The average molecular weight is 318 g/mol. The van der Waals surface area contributed by atoms with Crippen molar-refractivity contribution in [3.8, 4) is 12.3 Å². The van der Waals surface area contributed by atoms with Crippen molar-refractivity contribution in [3.05, 3.63) is 0 Å². The maximum absolute atomic E-state index is 12.6. The number of fused-ring (bicyclic) bond motifs is 2. The van der Waals surface area contributed by atoms with Crippen molar-refractivity contribution in [1.29, 1.82) is 0 Å². The van der Waals surface area contributed by atoms with E-state index < -0.39 is 0 Å². The predicted octanol–water partition coefficient (Wildman–Crippen LogP) is 1.04. The minimum absolute atomic E-state index is 0.0301. The van der Waals surface area contributed by atoms with Gasteiger partial charge >= 0.3 is 5.97 Å². The van der Waals surface area contributed by atoms with Gasteiger partial charge < -0.3 is 10.1 Å². The van der Waals surface area contributed by atoms with Crippen molar-refractivity contribution in [3.63, 3.8) is 0 Å². The van der Waals surface area contributed by atoms with Gasteiger partial charge in [0.2, 0.25) is 5.91 Å². The van der Waals surface area contributed by atoms with Crippen LogP contribution in [0, 0.1) is 36.0 Å². The summed E-state index contributed by atoms with van der Waals surface area (Å²) in [6, 6.07) is -0.0301. The third kappa shape index (κ3) is 3.23. The summed E-state index contributed by atoms with van der Waals surface area (Å²) in [5, 5.41) is 3.19. The molecule has 3 aliphatic rings. The number of methoxy groups -OCH3 is 1. The van der Waals surface area contributed by atoms with Crippen molar-refractivity contribution in [2.75, 3.05) is 26.7 Å². The van der Waals surface area contributed by atoms with E-state index in [1.165, 1.54) is 7.11 Å². The van der Waals surface area contributed by atoms with Crippen molar-refractivity contribution in [2.45, 2.75) is 38.1 Å². The third-order valence-corrected chi connectivity index (χ3v) is 5.97. The fraction of sp³-hybridized carbons (Fsp3) is 0.778. The fourth-order valence-electron chi connectivity index (χ4n) is 4.74. The minimum atomic E-state index is -0.161. The van der Waals surface area contributed by atoms with Gasteiger partial charge in [0.15, 0.2) is 0 Å². The summed E-state index contributed by atoms with van der Waals surface area (Å²) in [6.07, 6.45) is 10.3. The van der Waals surface area contributed by atoms with Gasteiger partial charge in [-0.2, -0.15) is 0 Å². The topological polar surface area (TPSA) is 58.6 Å². The Morgan fingerprint density at radius 3 is 2.57 bits per heavy atom. The molecule has 2 saturated carbocycles. The molecule has 0 spiro atoms. The summed E-state index contributed by atoms with van der Waals surface area (Å²) in [5.74, 6) is 3.32. The molecule has 0 unspecified atom stereocenters. The van der Waals surface area contributed by atoms with Crippen LogP contribution >= 0.6 is 0 Å². The highest BCUT2D eigenvalue weighted by atomic mass is 16.5. The largest absolute Gasteiger partial charge is 0.469 e. The van der Waals surface area contributed by atoms with Crippen molar-refractivity contribution in [2.24, 2.45) is 23.7 Å². The highest BCUT2D eigenvalue weighted by molar-refractivity contribution is 5.81. The van der Waals surface area contributed by atoms with E-state index >= 15 is 0 Å². The van der Waals surface area contributed by atoms with Crippen LogP contribution in [0.5, 0.6) is 0 Å². The van der Waals surface area contributed by atoms with Gasteiger partial charge in [-0.3, -0.25) is 14.5 Å². The monoisotopic (exact) mass is 318 g/mol. The van der Waals surface area contributed by atoms with E-state index in [4.69, 9.17) is 11.2 Å². The lowest BCUT2D eigenvalue weighted by Gasteiger charge is -2.34. The van der Waals surface area contributed by atoms with Crippen LogP contribution in [0.15, 0.2) is 0 Å². The Hall–Kier alpha value is -1.54. The average Bonchev–Trinajstić information content (AvgIpc) is 3.16. The fourth-order valence-corrected chi connectivity index (χ4v) is 4.74. The SMILES string of the molecule is C#CCN1CCC(C(=O)N[C@@H]2[C@H]3CC[C@@H](C3)[C@@H]2C(=O)OC)CC1. The Bertz CT molecular complexity index is 505. The van der Waals surface area contributed by atoms with Gasteiger partial charge in [-0.15, -0.1) is 6.42 Å². The zero-order valence-electron chi connectivity index (χ0n) is 13.8. The van der Waals surface area contributed by atoms with Crippen LogP contribution in [0.4, 0.5) is 0 Å². The zero-order chi connectivity index (χ0) is 16.4. The first-order chi connectivity index (χ1) is 11.1. The Morgan fingerprint density at radius 1 is 1.22 bits per heavy atom. The van der Waals surface area contributed by atoms with E-state index in [1.807, 2.05) is 0 Å². The van der Waals surface area contributed by atoms with Gasteiger partial charge in [0.05, 0.1) is 19.6 Å². The normalized spacial score (nSPS) is 34.1. The van der Waals surface area contributed by atoms with Gasteiger partial charge in [0.25, 0.3) is 0 Å². The number of ether oxygens (including phenoxy) is 1. The number of piperidine rings is 1. The molecule has 1 saturated heterocycles. The maximum atomic E-state index is 12.6. The standard InChI is InChI=1S/C18H26N2O3/c1-3-8-20-9-6-12(7-10-20)17(21)19-16-14-5-4-13(11-14)15(16)18(22)23-2/h1,12-16H,4-11H2,2H3,(H,19,21)/t13-,14-,15-,16+/m0/s1. The second-order valence-electron chi connectivity index (χ2n) is 7.17. The van der Waals surface area contributed by atoms with E-state index in [9.17, 15) is 9.59 Å². The van der Waals surface area contributed by atoms with E-state index in [2.05, 4.69) is 16.1 Å². The molecule has 2 aliphatic carbocycles. The molecular weight excluding hydrogens is 292 g/mol. The highest BCUT2D eigenvalue weighted by Crippen LogP contribution is 2.49. The Morgan fingerprint density at radius 2 is 1.91 bits per heavy atom. The highest BCUT2D eigenvalue weighted by Gasteiger charge is 2.52. The van der Waals surface area contributed by atoms with E-state index in [0.717, 1.165) is 45.2 Å². The quantitative estimate of drug-likeness (QED) is 0.621. The Balaban J connectivity index is 1.57. The van der Waals surface area contributed by atoms with Crippen molar-refractivity contribution < 1.29 is 14.3 Å². The summed E-state index contributed by atoms with van der Waals surface area (Å²) in [6.45, 7) is 2.41. The summed E-state index contributed by atoms with van der Waals surface area (Å²) in [4.78, 5) is 26.9. The third-order valence-electron chi connectivity index (χ3n) is 5.97. The Labute approximate surface area is 138 Å². The molecule has 5 nitrogen and oxygen atoms in total. The molecule has 2 bridgehead atoms. The molecule has 1 aliphatic heterocycles. The number of rotatable bonds is 4. The van der Waals surface area contributed by atoms with Gasteiger partial charge in [0.1, 0.15) is 0 Å². The molecule has 5 heteroatoms. The predicted molar refractivity (Wildman–Crippen MR) is 86.3 cm³/mol. The summed E-state index contributed by atoms with van der Waals surface area (Å²) in [7, 11) is 1.44. The lowest BCUT2D eigenvalue weighted by Crippen LogP contribution is -2.50. The van der Waals surface area contributed by atoms with Crippen LogP contribution in [0.2, 0.25) is 0 Å². The molecule has 0 aromatic heterocycles. The molecule has 0 aromatic carbocycles. The number of likely N-dealkylation sites (tertiary alicyclic amines) is 1. The molecule has 1 amide bonds. The summed E-state index contributed by atoms with van der Waals surface area (Å²) in [5.41, 5.74) is 0. The number of nitrogens with one attached hydrogen (secondary N) is 1. The van der Waals surface area contributed by atoms with Crippen LogP contribution in [-0.2, 0) is 14.3 Å². The first kappa shape index (κ1) is 16.3. The molecule has 23 heavy (non-hydrogen) atoms. The van der Waals surface area contributed by atoms with E-state index in [0.29, 0.717) is 18.4 Å². The second kappa shape index (κ2) is 6.92. The smallest absolute Gasteiger partial charge is 0.311 e. The molecule has 3 fully saturated rings. The number of hydrogen-bond acceptors (Lipinski definition) is 4. The number of carbonyl (C=O) groups is 2. The molecule has 1 heterocycles. The van der Waals surface area contributed by atoms with Crippen LogP contribution < -0.4 is 5.32 Å². The number of hydrogen-bond donors (Lipinski definition) is 1. The van der Waals surface area contributed by atoms with Crippen LogP contribution in [-0.4, -0.2) is 49.6 Å². The molecule has 126 valence electrons. The number of nitrogens with zero attached hydrogens (tertiary/aromatic N) is 1. The van der Waals surface area contributed by atoms with Gasteiger partial charge in [-0.05, 0) is 57.0 Å². The van der Waals surface area contributed by atoms with Crippen molar-refractivity contribution in [1.82, 2.24) is 10.2 Å². The lowest BCUT2D eigenvalue weighted by molar-refractivity contribution is -0.148. The molecule has 0 aromatic rings. The second-order valence-corrected chi connectivity index (χ2v) is 7.17. The number of carbonyl (C=O) groups excluding carboxylic acids is 2. The van der Waals surface area contributed by atoms with Crippen molar-refractivity contribution >= 4 is 11.9 Å². The number of esters is 1.